The Kier molecular flexibility index (Phi) is 3.16. The summed E-state index contributed by atoms with van der Waals surface area (Å²) in [7, 11) is 0. The molecule has 0 aromatic carbocycles. The molecule has 1 fully saturated rings. The Morgan fingerprint density at radius 3 is 2.17 bits per heavy atom. The van der Waals surface area contributed by atoms with Gasteiger partial charge >= 0.3 is 0 Å². The van der Waals surface area contributed by atoms with Gasteiger partial charge in [-0.3, -0.25) is 0 Å². The van der Waals surface area contributed by atoms with Gasteiger partial charge in [-0.05, 0) is 30.1 Å². The summed E-state index contributed by atoms with van der Waals surface area (Å²) < 4.78 is 0. The van der Waals surface area contributed by atoms with Crippen molar-refractivity contribution in [1.82, 2.24) is 0 Å². The summed E-state index contributed by atoms with van der Waals surface area (Å²) in [4.78, 5) is 0. The highest BCUT2D eigenvalue weighted by molar-refractivity contribution is 4.95. The Morgan fingerprint density at radius 1 is 1.25 bits per heavy atom. The highest BCUT2D eigenvalue weighted by atomic mass is 14.7. The lowest BCUT2D eigenvalue weighted by atomic mass is 9.98. The molecule has 1 aliphatic rings. The number of nitrogens with two attached hydrogens (primary N) is 1. The number of hydrogen-bond donors (Lipinski definition) is 1. The van der Waals surface area contributed by atoms with Gasteiger partial charge in [0.2, 0.25) is 0 Å². The molecule has 0 aromatic heterocycles. The third-order valence-electron chi connectivity index (χ3n) is 3.63. The van der Waals surface area contributed by atoms with Gasteiger partial charge in [0.05, 0.1) is 0 Å². The van der Waals surface area contributed by atoms with Crippen molar-refractivity contribution >= 4 is 0 Å². The second-order valence-electron chi connectivity index (χ2n) is 4.74. The molecule has 0 saturated heterocycles. The minimum atomic E-state index is 0.425. The molecular formula is C11H23N. The summed E-state index contributed by atoms with van der Waals surface area (Å²) in [5.41, 5.74) is 6.04. The summed E-state index contributed by atoms with van der Waals surface area (Å²) >= 11 is 0. The van der Waals surface area contributed by atoms with Gasteiger partial charge in [0.25, 0.3) is 0 Å². The van der Waals surface area contributed by atoms with Crippen molar-refractivity contribution in [1.29, 1.82) is 0 Å². The zero-order chi connectivity index (χ0) is 9.30. The van der Waals surface area contributed by atoms with Crippen LogP contribution in [0.3, 0.4) is 0 Å². The Hall–Kier alpha value is -0.0400. The highest BCUT2D eigenvalue weighted by Crippen LogP contribution is 2.50. The first-order valence-corrected chi connectivity index (χ1v) is 5.33. The van der Waals surface area contributed by atoms with Crippen LogP contribution in [0.5, 0.6) is 0 Å². The van der Waals surface area contributed by atoms with Crippen LogP contribution in [0.25, 0.3) is 0 Å². The molecule has 0 amide bonds. The molecule has 4 atom stereocenters. The molecule has 0 aliphatic heterocycles. The van der Waals surface area contributed by atoms with E-state index >= 15 is 0 Å². The van der Waals surface area contributed by atoms with Crippen molar-refractivity contribution in [3.05, 3.63) is 0 Å². The van der Waals surface area contributed by atoms with Crippen LogP contribution in [0.2, 0.25) is 0 Å². The predicted octanol–water partition coefficient (Wildman–Crippen LogP) is 2.65. The Balaban J connectivity index is 2.25. The summed E-state index contributed by atoms with van der Waals surface area (Å²) in [6, 6.07) is 0.425. The maximum atomic E-state index is 6.04. The Labute approximate surface area is 76.7 Å². The molecule has 1 aliphatic carbocycles. The van der Waals surface area contributed by atoms with Crippen molar-refractivity contribution < 1.29 is 0 Å². The van der Waals surface area contributed by atoms with Crippen LogP contribution < -0.4 is 5.73 Å². The summed E-state index contributed by atoms with van der Waals surface area (Å²) in [6.07, 6.45) is 2.59. The number of hydrogen-bond acceptors (Lipinski definition) is 1. The second kappa shape index (κ2) is 3.78. The summed E-state index contributed by atoms with van der Waals surface area (Å²) in [5, 5.41) is 0. The van der Waals surface area contributed by atoms with E-state index in [0.717, 1.165) is 17.8 Å². The molecule has 12 heavy (non-hydrogen) atoms. The van der Waals surface area contributed by atoms with Crippen LogP contribution >= 0.6 is 0 Å². The molecule has 0 radical (unpaired) electrons. The molecular weight excluding hydrogens is 146 g/mol. The molecule has 1 saturated carbocycles. The summed E-state index contributed by atoms with van der Waals surface area (Å²) in [5.74, 6) is 3.51. The van der Waals surface area contributed by atoms with E-state index in [1.54, 1.807) is 0 Å². The lowest BCUT2D eigenvalue weighted by Gasteiger charge is -2.14. The van der Waals surface area contributed by atoms with Crippen molar-refractivity contribution in [3.63, 3.8) is 0 Å². The van der Waals surface area contributed by atoms with E-state index in [1.165, 1.54) is 12.8 Å². The van der Waals surface area contributed by atoms with Gasteiger partial charge in [-0.25, -0.2) is 0 Å². The zero-order valence-electron chi connectivity index (χ0n) is 8.88. The molecule has 1 nitrogen and oxygen atoms in total. The van der Waals surface area contributed by atoms with Crippen LogP contribution in [0, 0.1) is 23.7 Å². The molecule has 0 spiro atoms. The maximum absolute atomic E-state index is 6.04. The fourth-order valence-electron chi connectivity index (χ4n) is 2.29. The smallest absolute Gasteiger partial charge is 0.00647 e. The minimum Gasteiger partial charge on any atom is -0.327 e. The molecule has 72 valence electrons. The quantitative estimate of drug-likeness (QED) is 0.688. The summed E-state index contributed by atoms with van der Waals surface area (Å²) in [6.45, 7) is 9.10. The average Bonchev–Trinajstić information content (AvgIpc) is 2.61. The molecule has 1 rings (SSSR count). The van der Waals surface area contributed by atoms with Crippen molar-refractivity contribution in [3.8, 4) is 0 Å². The van der Waals surface area contributed by atoms with Crippen molar-refractivity contribution in [2.75, 3.05) is 0 Å². The fraction of sp³-hybridized carbons (Fsp3) is 1.00. The fourth-order valence-corrected chi connectivity index (χ4v) is 2.29. The van der Waals surface area contributed by atoms with Crippen molar-refractivity contribution in [2.24, 2.45) is 29.4 Å². The number of rotatable bonds is 4. The van der Waals surface area contributed by atoms with E-state index in [4.69, 9.17) is 5.73 Å². The second-order valence-corrected chi connectivity index (χ2v) is 4.74. The van der Waals surface area contributed by atoms with Crippen LogP contribution in [-0.4, -0.2) is 6.04 Å². The van der Waals surface area contributed by atoms with Gasteiger partial charge < -0.3 is 5.73 Å². The topological polar surface area (TPSA) is 26.0 Å². The minimum absolute atomic E-state index is 0.425. The van der Waals surface area contributed by atoms with Gasteiger partial charge in [0.1, 0.15) is 0 Å². The first-order valence-electron chi connectivity index (χ1n) is 5.33. The van der Waals surface area contributed by atoms with E-state index < -0.39 is 0 Å². The van der Waals surface area contributed by atoms with E-state index in [0.29, 0.717) is 12.0 Å². The molecule has 0 aromatic rings. The zero-order valence-corrected chi connectivity index (χ0v) is 8.88. The van der Waals surface area contributed by atoms with Gasteiger partial charge in [0.15, 0.2) is 0 Å². The van der Waals surface area contributed by atoms with E-state index in [2.05, 4.69) is 27.7 Å². The first-order chi connectivity index (χ1) is 5.57. The lowest BCUT2D eigenvalue weighted by Crippen LogP contribution is -2.27. The Morgan fingerprint density at radius 2 is 1.83 bits per heavy atom. The normalized spacial score (nSPS) is 37.0. The van der Waals surface area contributed by atoms with E-state index in [-0.39, 0.29) is 0 Å². The van der Waals surface area contributed by atoms with Gasteiger partial charge in [0, 0.05) is 6.04 Å². The van der Waals surface area contributed by atoms with E-state index in [1.807, 2.05) is 0 Å². The van der Waals surface area contributed by atoms with E-state index in [9.17, 15) is 0 Å². The van der Waals surface area contributed by atoms with Crippen LogP contribution in [-0.2, 0) is 0 Å². The van der Waals surface area contributed by atoms with Crippen LogP contribution in [0.4, 0.5) is 0 Å². The first kappa shape index (κ1) is 10.0. The van der Waals surface area contributed by atoms with Gasteiger partial charge in [-0.1, -0.05) is 34.1 Å². The molecule has 0 bridgehead atoms. The third-order valence-corrected chi connectivity index (χ3v) is 3.63. The maximum Gasteiger partial charge on any atom is 0.00647 e. The SMILES string of the molecule is CCC1C(C)C1CC(N)C(C)C. The van der Waals surface area contributed by atoms with Gasteiger partial charge in [-0.15, -0.1) is 0 Å². The van der Waals surface area contributed by atoms with Crippen molar-refractivity contribution in [2.45, 2.75) is 46.6 Å². The predicted molar refractivity (Wildman–Crippen MR) is 53.9 cm³/mol. The third kappa shape index (κ3) is 2.01. The average molecular weight is 169 g/mol. The monoisotopic (exact) mass is 169 g/mol. The standard InChI is InChI=1S/C11H23N/c1-5-9-8(4)10(9)6-11(12)7(2)3/h7-11H,5-6,12H2,1-4H3. The largest absolute Gasteiger partial charge is 0.327 e. The molecule has 2 N–H and O–H groups in total. The Bertz CT molecular complexity index is 142. The van der Waals surface area contributed by atoms with Crippen LogP contribution in [0.1, 0.15) is 40.5 Å². The van der Waals surface area contributed by atoms with Gasteiger partial charge in [-0.2, -0.15) is 0 Å². The molecule has 1 heteroatoms. The van der Waals surface area contributed by atoms with Crippen LogP contribution in [0.15, 0.2) is 0 Å². The molecule has 4 unspecified atom stereocenters. The molecule has 0 heterocycles. The lowest BCUT2D eigenvalue weighted by molar-refractivity contribution is 0.425. The highest BCUT2D eigenvalue weighted by Gasteiger charge is 2.45.